The van der Waals surface area contributed by atoms with Gasteiger partial charge in [-0.05, 0) is 49.2 Å². The van der Waals surface area contributed by atoms with Crippen molar-refractivity contribution in [2.75, 3.05) is 28.5 Å². The van der Waals surface area contributed by atoms with Gasteiger partial charge < -0.3 is 15.0 Å². The van der Waals surface area contributed by atoms with E-state index in [1.54, 1.807) is 42.5 Å². The number of carbonyl (C=O) groups excluding carboxylic acids is 2. The molecule has 35 heavy (non-hydrogen) atoms. The number of rotatable bonds is 8. The minimum atomic E-state index is -3.49. The lowest BCUT2D eigenvalue weighted by Gasteiger charge is -2.34. The molecule has 1 heterocycles. The molecule has 8 nitrogen and oxygen atoms in total. The van der Waals surface area contributed by atoms with E-state index in [0.29, 0.717) is 35.7 Å². The zero-order valence-corrected chi connectivity index (χ0v) is 20.1. The Morgan fingerprint density at radius 1 is 1.00 bits per heavy atom. The van der Waals surface area contributed by atoms with E-state index < -0.39 is 16.1 Å². The standard InChI is InChI=1S/C26H27N3O5S/c1-2-35(32,33)28-21-12-8-11-20(17-21)26(31)29-18-24(34-23-14-7-6-13-22(23)29)25(30)27-16-15-19-9-4-3-5-10-19/h3-14,17,24,28H,2,15-16,18H2,1H3,(H,27,30)/t24-/m1/s1. The monoisotopic (exact) mass is 493 g/mol. The predicted octanol–water partition coefficient (Wildman–Crippen LogP) is 3.21. The zero-order chi connectivity index (χ0) is 24.8. The zero-order valence-electron chi connectivity index (χ0n) is 19.3. The summed E-state index contributed by atoms with van der Waals surface area (Å²) >= 11 is 0. The van der Waals surface area contributed by atoms with Gasteiger partial charge in [0.05, 0.1) is 18.0 Å². The van der Waals surface area contributed by atoms with Crippen LogP contribution < -0.4 is 19.7 Å². The van der Waals surface area contributed by atoms with Gasteiger partial charge in [-0.3, -0.25) is 14.3 Å². The molecular weight excluding hydrogens is 466 g/mol. The number of ether oxygens (including phenoxy) is 1. The largest absolute Gasteiger partial charge is 0.477 e. The quantitative estimate of drug-likeness (QED) is 0.501. The minimum absolute atomic E-state index is 0.0257. The second kappa shape index (κ2) is 10.6. The molecule has 0 bridgehead atoms. The molecule has 3 aromatic carbocycles. The van der Waals surface area contributed by atoms with Crippen molar-refractivity contribution < 1.29 is 22.7 Å². The Balaban J connectivity index is 1.51. The second-order valence-electron chi connectivity index (χ2n) is 8.10. The van der Waals surface area contributed by atoms with Gasteiger partial charge in [-0.15, -0.1) is 0 Å². The lowest BCUT2D eigenvalue weighted by Crippen LogP contribution is -2.51. The molecule has 2 N–H and O–H groups in total. The van der Waals surface area contributed by atoms with Gasteiger partial charge in [0.2, 0.25) is 10.0 Å². The van der Waals surface area contributed by atoms with Crippen molar-refractivity contribution in [2.24, 2.45) is 0 Å². The van der Waals surface area contributed by atoms with Crippen LogP contribution in [-0.4, -0.2) is 45.2 Å². The van der Waals surface area contributed by atoms with Crippen LogP contribution in [-0.2, 0) is 21.2 Å². The number of para-hydroxylation sites is 2. The Hall–Kier alpha value is -3.85. The molecule has 0 radical (unpaired) electrons. The van der Waals surface area contributed by atoms with Crippen LogP contribution in [0.4, 0.5) is 11.4 Å². The maximum Gasteiger partial charge on any atom is 0.262 e. The molecule has 2 amide bonds. The number of anilines is 2. The summed E-state index contributed by atoms with van der Waals surface area (Å²) in [7, 11) is -3.49. The van der Waals surface area contributed by atoms with Crippen LogP contribution in [0.5, 0.6) is 5.75 Å². The van der Waals surface area contributed by atoms with Crippen molar-refractivity contribution in [2.45, 2.75) is 19.4 Å². The number of nitrogens with one attached hydrogen (secondary N) is 2. The van der Waals surface area contributed by atoms with Crippen LogP contribution in [0.2, 0.25) is 0 Å². The van der Waals surface area contributed by atoms with Gasteiger partial charge >= 0.3 is 0 Å². The number of sulfonamides is 1. The average molecular weight is 494 g/mol. The topological polar surface area (TPSA) is 105 Å². The van der Waals surface area contributed by atoms with E-state index >= 15 is 0 Å². The molecular formula is C26H27N3O5S. The van der Waals surface area contributed by atoms with Crippen LogP contribution >= 0.6 is 0 Å². The summed E-state index contributed by atoms with van der Waals surface area (Å²) in [5, 5.41) is 2.89. The third-order valence-electron chi connectivity index (χ3n) is 5.63. The Bertz CT molecular complexity index is 1310. The van der Waals surface area contributed by atoms with E-state index in [2.05, 4.69) is 10.0 Å². The van der Waals surface area contributed by atoms with Crippen molar-refractivity contribution in [1.29, 1.82) is 0 Å². The van der Waals surface area contributed by atoms with Crippen LogP contribution in [0.1, 0.15) is 22.8 Å². The Morgan fingerprint density at radius 2 is 1.74 bits per heavy atom. The molecule has 0 aromatic heterocycles. The molecule has 0 spiro atoms. The summed E-state index contributed by atoms with van der Waals surface area (Å²) < 4.78 is 32.3. The lowest BCUT2D eigenvalue weighted by molar-refractivity contribution is -0.127. The third-order valence-corrected chi connectivity index (χ3v) is 6.94. The fourth-order valence-electron chi connectivity index (χ4n) is 3.78. The highest BCUT2D eigenvalue weighted by Gasteiger charge is 2.34. The summed E-state index contributed by atoms with van der Waals surface area (Å²) in [4.78, 5) is 27.9. The van der Waals surface area contributed by atoms with Crippen molar-refractivity contribution in [3.63, 3.8) is 0 Å². The first-order valence-electron chi connectivity index (χ1n) is 11.4. The maximum atomic E-state index is 13.5. The maximum absolute atomic E-state index is 13.5. The molecule has 1 aliphatic rings. The predicted molar refractivity (Wildman–Crippen MR) is 135 cm³/mol. The second-order valence-corrected chi connectivity index (χ2v) is 10.1. The highest BCUT2D eigenvalue weighted by molar-refractivity contribution is 7.92. The Kier molecular flexibility index (Phi) is 7.36. The molecule has 182 valence electrons. The van der Waals surface area contributed by atoms with Gasteiger partial charge in [0.1, 0.15) is 5.75 Å². The van der Waals surface area contributed by atoms with Gasteiger partial charge in [0.25, 0.3) is 11.8 Å². The highest BCUT2D eigenvalue weighted by atomic mass is 32.2. The summed E-state index contributed by atoms with van der Waals surface area (Å²) in [6.07, 6.45) is -0.203. The van der Waals surface area contributed by atoms with Crippen molar-refractivity contribution in [3.8, 4) is 5.75 Å². The van der Waals surface area contributed by atoms with Gasteiger partial charge in [0, 0.05) is 17.8 Å². The number of carbonyl (C=O) groups is 2. The molecule has 1 atom stereocenters. The van der Waals surface area contributed by atoms with Crippen LogP contribution in [0, 0.1) is 0 Å². The first-order chi connectivity index (χ1) is 16.9. The fraction of sp³-hybridized carbons (Fsp3) is 0.231. The molecule has 0 aliphatic carbocycles. The lowest BCUT2D eigenvalue weighted by atomic mass is 10.1. The number of benzene rings is 3. The molecule has 4 rings (SSSR count). The summed E-state index contributed by atoms with van der Waals surface area (Å²) in [6, 6.07) is 23.1. The molecule has 0 fully saturated rings. The van der Waals surface area contributed by atoms with E-state index in [1.807, 2.05) is 30.3 Å². The van der Waals surface area contributed by atoms with Gasteiger partial charge in [-0.25, -0.2) is 8.42 Å². The fourth-order valence-corrected chi connectivity index (χ4v) is 4.41. The van der Waals surface area contributed by atoms with Gasteiger partial charge in [-0.1, -0.05) is 48.5 Å². The summed E-state index contributed by atoms with van der Waals surface area (Å²) in [6.45, 7) is 2.00. The van der Waals surface area contributed by atoms with E-state index in [0.717, 1.165) is 5.56 Å². The van der Waals surface area contributed by atoms with Gasteiger partial charge in [0.15, 0.2) is 6.10 Å². The summed E-state index contributed by atoms with van der Waals surface area (Å²) in [5.74, 6) is -0.320. The van der Waals surface area contributed by atoms with Crippen molar-refractivity contribution in [3.05, 3.63) is 90.0 Å². The van der Waals surface area contributed by atoms with Crippen molar-refractivity contribution >= 4 is 33.2 Å². The van der Waals surface area contributed by atoms with Crippen LogP contribution in [0.25, 0.3) is 0 Å². The summed E-state index contributed by atoms with van der Waals surface area (Å²) in [5.41, 5.74) is 2.25. The smallest absolute Gasteiger partial charge is 0.262 e. The first kappa shape index (κ1) is 24.3. The highest BCUT2D eigenvalue weighted by Crippen LogP contribution is 2.34. The number of hydrogen-bond acceptors (Lipinski definition) is 5. The van der Waals surface area contributed by atoms with E-state index in [-0.39, 0.29) is 24.1 Å². The Morgan fingerprint density at radius 3 is 2.51 bits per heavy atom. The normalized spacial score (nSPS) is 15.0. The van der Waals surface area contributed by atoms with Crippen LogP contribution in [0.3, 0.4) is 0 Å². The molecule has 3 aromatic rings. The average Bonchev–Trinajstić information content (AvgIpc) is 2.88. The molecule has 1 aliphatic heterocycles. The van der Waals surface area contributed by atoms with Crippen LogP contribution in [0.15, 0.2) is 78.9 Å². The van der Waals surface area contributed by atoms with E-state index in [4.69, 9.17) is 4.74 Å². The SMILES string of the molecule is CCS(=O)(=O)Nc1cccc(C(=O)N2C[C@H](C(=O)NCCc3ccccc3)Oc3ccccc32)c1. The third kappa shape index (κ3) is 5.99. The number of hydrogen-bond donors (Lipinski definition) is 2. The number of amides is 2. The molecule has 0 unspecified atom stereocenters. The number of nitrogens with zero attached hydrogens (tertiary/aromatic N) is 1. The first-order valence-corrected chi connectivity index (χ1v) is 13.0. The van der Waals surface area contributed by atoms with Gasteiger partial charge in [-0.2, -0.15) is 0 Å². The molecule has 9 heteroatoms. The Labute approximate surface area is 205 Å². The van der Waals surface area contributed by atoms with E-state index in [1.165, 1.54) is 17.9 Å². The molecule has 0 saturated heterocycles. The minimum Gasteiger partial charge on any atom is -0.477 e. The molecule has 0 saturated carbocycles. The number of fused-ring (bicyclic) bond motifs is 1. The van der Waals surface area contributed by atoms with E-state index in [9.17, 15) is 18.0 Å². The van der Waals surface area contributed by atoms with Crippen molar-refractivity contribution in [1.82, 2.24) is 5.32 Å².